The van der Waals surface area contributed by atoms with Gasteiger partial charge in [0.05, 0.1) is 5.69 Å². The molecule has 0 bridgehead atoms. The number of piperidine rings is 1. The summed E-state index contributed by atoms with van der Waals surface area (Å²) in [4.78, 5) is 7.10. The number of nitrogens with one attached hydrogen (secondary N) is 1. The van der Waals surface area contributed by atoms with Gasteiger partial charge in [0, 0.05) is 33.0 Å². The van der Waals surface area contributed by atoms with Crippen molar-refractivity contribution in [2.45, 2.75) is 39.3 Å². The molecule has 118 valence electrons. The third-order valence-electron chi connectivity index (χ3n) is 4.14. The molecule has 1 N–H and O–H groups in total. The van der Waals surface area contributed by atoms with Crippen molar-refractivity contribution in [2.24, 2.45) is 5.92 Å². The Bertz CT molecular complexity index is 386. The summed E-state index contributed by atoms with van der Waals surface area (Å²) in [6.45, 7) is 8.38. The molecule has 0 saturated carbocycles. The molecule has 0 amide bonds. The zero-order valence-corrected chi connectivity index (χ0v) is 13.5. The minimum absolute atomic E-state index is 0.742. The largest absolute Gasteiger partial charge is 0.384 e. The summed E-state index contributed by atoms with van der Waals surface area (Å²) < 4.78 is 5.25. The van der Waals surface area contributed by atoms with E-state index in [-0.39, 0.29) is 0 Å². The molecule has 0 aromatic carbocycles. The molecule has 0 spiro atoms. The van der Waals surface area contributed by atoms with Crippen molar-refractivity contribution >= 4 is 0 Å². The standard InChI is InChI=1S/C17H29N3O/c1-3-8-18-11-16-4-5-17(19-12-16)13-20-9-6-15(7-10-20)14-21-2/h4-5,12,15,18H,3,6-11,13-14H2,1-2H3. The lowest BCUT2D eigenvalue weighted by Crippen LogP contribution is -2.34. The van der Waals surface area contributed by atoms with Crippen LogP contribution < -0.4 is 5.32 Å². The maximum Gasteiger partial charge on any atom is 0.0544 e. The lowest BCUT2D eigenvalue weighted by molar-refractivity contribution is 0.0963. The smallest absolute Gasteiger partial charge is 0.0544 e. The number of hydrogen-bond donors (Lipinski definition) is 1. The highest BCUT2D eigenvalue weighted by Gasteiger charge is 2.19. The Labute approximate surface area is 128 Å². The molecule has 1 aromatic heterocycles. The maximum absolute atomic E-state index is 5.25. The van der Waals surface area contributed by atoms with Crippen LogP contribution in [0.1, 0.15) is 37.4 Å². The van der Waals surface area contributed by atoms with Gasteiger partial charge in [-0.3, -0.25) is 9.88 Å². The van der Waals surface area contributed by atoms with E-state index in [2.05, 4.69) is 34.3 Å². The Morgan fingerprint density at radius 1 is 1.33 bits per heavy atom. The van der Waals surface area contributed by atoms with E-state index in [9.17, 15) is 0 Å². The van der Waals surface area contributed by atoms with Gasteiger partial charge in [0.15, 0.2) is 0 Å². The van der Waals surface area contributed by atoms with Gasteiger partial charge < -0.3 is 10.1 Å². The lowest BCUT2D eigenvalue weighted by atomic mass is 9.98. The normalized spacial score (nSPS) is 17.2. The highest BCUT2D eigenvalue weighted by atomic mass is 16.5. The highest BCUT2D eigenvalue weighted by molar-refractivity contribution is 5.14. The number of likely N-dealkylation sites (tertiary alicyclic amines) is 1. The third-order valence-corrected chi connectivity index (χ3v) is 4.14. The van der Waals surface area contributed by atoms with Crippen LogP contribution in [0.15, 0.2) is 18.3 Å². The molecule has 4 heteroatoms. The second-order valence-corrected chi connectivity index (χ2v) is 6.01. The number of hydrogen-bond acceptors (Lipinski definition) is 4. The molecule has 1 aliphatic rings. The molecule has 2 rings (SSSR count). The second kappa shape index (κ2) is 9.13. The maximum atomic E-state index is 5.25. The van der Waals surface area contributed by atoms with Crippen molar-refractivity contribution in [2.75, 3.05) is 33.4 Å². The van der Waals surface area contributed by atoms with Crippen LogP contribution in [0.25, 0.3) is 0 Å². The molecular weight excluding hydrogens is 262 g/mol. The average molecular weight is 291 g/mol. The summed E-state index contributed by atoms with van der Waals surface area (Å²) in [5.41, 5.74) is 2.45. The molecule has 1 saturated heterocycles. The van der Waals surface area contributed by atoms with Crippen LogP contribution in [0.3, 0.4) is 0 Å². The van der Waals surface area contributed by atoms with E-state index in [0.717, 1.165) is 45.2 Å². The summed E-state index contributed by atoms with van der Waals surface area (Å²) in [6.07, 6.45) is 5.67. The average Bonchev–Trinajstić information content (AvgIpc) is 2.51. The van der Waals surface area contributed by atoms with Gasteiger partial charge in [-0.15, -0.1) is 0 Å². The SMILES string of the molecule is CCCNCc1ccc(CN2CCC(COC)CC2)nc1. The van der Waals surface area contributed by atoms with Crippen molar-refractivity contribution in [1.29, 1.82) is 0 Å². The molecule has 0 atom stereocenters. The van der Waals surface area contributed by atoms with Gasteiger partial charge in [0.25, 0.3) is 0 Å². The van der Waals surface area contributed by atoms with Crippen molar-refractivity contribution in [1.82, 2.24) is 15.2 Å². The third kappa shape index (κ3) is 5.73. The molecule has 1 aromatic rings. The summed E-state index contributed by atoms with van der Waals surface area (Å²) in [5, 5.41) is 3.41. The van der Waals surface area contributed by atoms with Gasteiger partial charge in [-0.25, -0.2) is 0 Å². The van der Waals surface area contributed by atoms with Gasteiger partial charge in [0.1, 0.15) is 0 Å². The Kier molecular flexibility index (Phi) is 7.13. The summed E-state index contributed by atoms with van der Waals surface area (Å²) in [5.74, 6) is 0.742. The highest BCUT2D eigenvalue weighted by Crippen LogP contribution is 2.18. The van der Waals surface area contributed by atoms with E-state index in [4.69, 9.17) is 4.74 Å². The van der Waals surface area contributed by atoms with Crippen molar-refractivity contribution in [3.63, 3.8) is 0 Å². The number of methoxy groups -OCH3 is 1. The van der Waals surface area contributed by atoms with Crippen LogP contribution in [0, 0.1) is 5.92 Å². The number of rotatable bonds is 8. The van der Waals surface area contributed by atoms with Crippen LogP contribution in [0.2, 0.25) is 0 Å². The van der Waals surface area contributed by atoms with E-state index in [1.54, 1.807) is 7.11 Å². The Morgan fingerprint density at radius 2 is 2.14 bits per heavy atom. The monoisotopic (exact) mass is 291 g/mol. The fraction of sp³-hybridized carbons (Fsp3) is 0.706. The van der Waals surface area contributed by atoms with Crippen LogP contribution in [0.5, 0.6) is 0 Å². The van der Waals surface area contributed by atoms with E-state index in [1.807, 2.05) is 6.20 Å². The zero-order valence-electron chi connectivity index (χ0n) is 13.5. The zero-order chi connectivity index (χ0) is 14.9. The van der Waals surface area contributed by atoms with E-state index < -0.39 is 0 Å². The van der Waals surface area contributed by atoms with Crippen LogP contribution >= 0.6 is 0 Å². The predicted octanol–water partition coefficient (Wildman–Crippen LogP) is 2.44. The molecule has 21 heavy (non-hydrogen) atoms. The van der Waals surface area contributed by atoms with Crippen LogP contribution in [-0.2, 0) is 17.8 Å². The van der Waals surface area contributed by atoms with Gasteiger partial charge in [0.2, 0.25) is 0 Å². The quantitative estimate of drug-likeness (QED) is 0.747. The first-order valence-electron chi connectivity index (χ1n) is 8.17. The topological polar surface area (TPSA) is 37.4 Å². The Hall–Kier alpha value is -0.970. The first kappa shape index (κ1) is 16.4. The lowest BCUT2D eigenvalue weighted by Gasteiger charge is -2.31. The molecule has 0 aliphatic carbocycles. The molecule has 2 heterocycles. The van der Waals surface area contributed by atoms with Gasteiger partial charge in [-0.2, -0.15) is 0 Å². The van der Waals surface area contributed by atoms with E-state index in [1.165, 1.54) is 30.5 Å². The molecule has 1 aliphatic heterocycles. The fourth-order valence-electron chi connectivity index (χ4n) is 2.84. The molecule has 0 radical (unpaired) electrons. The summed E-state index contributed by atoms with van der Waals surface area (Å²) in [6, 6.07) is 4.37. The minimum Gasteiger partial charge on any atom is -0.384 e. The fourth-order valence-corrected chi connectivity index (χ4v) is 2.84. The summed E-state index contributed by atoms with van der Waals surface area (Å²) in [7, 11) is 1.80. The first-order valence-corrected chi connectivity index (χ1v) is 8.17. The molecular formula is C17H29N3O. The van der Waals surface area contributed by atoms with Crippen LogP contribution in [-0.4, -0.2) is 43.2 Å². The van der Waals surface area contributed by atoms with Gasteiger partial charge >= 0.3 is 0 Å². The number of nitrogens with zero attached hydrogens (tertiary/aromatic N) is 2. The first-order chi connectivity index (χ1) is 10.3. The van der Waals surface area contributed by atoms with E-state index >= 15 is 0 Å². The van der Waals surface area contributed by atoms with E-state index in [0.29, 0.717) is 0 Å². The van der Waals surface area contributed by atoms with Gasteiger partial charge in [-0.05, 0) is 56.4 Å². The summed E-state index contributed by atoms with van der Waals surface area (Å²) >= 11 is 0. The molecule has 0 unspecified atom stereocenters. The second-order valence-electron chi connectivity index (χ2n) is 6.01. The molecule has 1 fully saturated rings. The predicted molar refractivity (Wildman–Crippen MR) is 86.1 cm³/mol. The minimum atomic E-state index is 0.742. The number of ether oxygens (including phenoxy) is 1. The van der Waals surface area contributed by atoms with Crippen molar-refractivity contribution in [3.05, 3.63) is 29.6 Å². The molecule has 4 nitrogen and oxygen atoms in total. The van der Waals surface area contributed by atoms with Crippen molar-refractivity contribution in [3.8, 4) is 0 Å². The Morgan fingerprint density at radius 3 is 2.76 bits per heavy atom. The van der Waals surface area contributed by atoms with Crippen molar-refractivity contribution < 1.29 is 4.74 Å². The van der Waals surface area contributed by atoms with Crippen LogP contribution in [0.4, 0.5) is 0 Å². The van der Waals surface area contributed by atoms with Gasteiger partial charge in [-0.1, -0.05) is 13.0 Å². The Balaban J connectivity index is 1.73. The number of aromatic nitrogens is 1. The number of pyridine rings is 1.